The van der Waals surface area contributed by atoms with Crippen LogP contribution in [0.4, 0.5) is 0 Å². The summed E-state index contributed by atoms with van der Waals surface area (Å²) in [4.78, 5) is 2.83. The van der Waals surface area contributed by atoms with E-state index in [1.165, 1.54) is 25.7 Å². The van der Waals surface area contributed by atoms with Gasteiger partial charge in [-0.25, -0.2) is 0 Å². The zero-order valence-corrected chi connectivity index (χ0v) is 12.7. The van der Waals surface area contributed by atoms with Gasteiger partial charge in [-0.15, -0.1) is 0 Å². The standard InChI is InChI=1S/C14H24N4S/c1-11(9-14(15)19)17(2)10-12-7-8-18(16-12)13-5-3-4-6-13/h7-8,11,13H,3-6,9-10H2,1-2H3,(H2,15,19). The number of hydrogen-bond acceptors (Lipinski definition) is 3. The Hall–Kier alpha value is -0.940. The molecule has 2 rings (SSSR count). The predicted molar refractivity (Wildman–Crippen MR) is 82.1 cm³/mol. The molecule has 0 saturated heterocycles. The molecule has 19 heavy (non-hydrogen) atoms. The topological polar surface area (TPSA) is 47.1 Å². The first kappa shape index (κ1) is 14.5. The highest BCUT2D eigenvalue weighted by Gasteiger charge is 2.18. The van der Waals surface area contributed by atoms with Crippen molar-refractivity contribution in [3.05, 3.63) is 18.0 Å². The van der Waals surface area contributed by atoms with E-state index < -0.39 is 0 Å². The van der Waals surface area contributed by atoms with Crippen LogP contribution < -0.4 is 5.73 Å². The molecule has 0 amide bonds. The van der Waals surface area contributed by atoms with E-state index in [2.05, 4.69) is 35.8 Å². The van der Waals surface area contributed by atoms with Crippen LogP contribution in [0.3, 0.4) is 0 Å². The second-order valence-corrected chi connectivity index (χ2v) is 6.18. The molecule has 1 aliphatic rings. The molecular formula is C14H24N4S. The molecule has 106 valence electrons. The van der Waals surface area contributed by atoms with E-state index in [0.29, 0.717) is 17.1 Å². The Morgan fingerprint density at radius 1 is 1.58 bits per heavy atom. The largest absolute Gasteiger partial charge is 0.393 e. The van der Waals surface area contributed by atoms with Crippen molar-refractivity contribution in [3.63, 3.8) is 0 Å². The molecule has 5 heteroatoms. The summed E-state index contributed by atoms with van der Waals surface area (Å²) in [5.74, 6) is 0. The SMILES string of the molecule is CC(CC(N)=S)N(C)Cc1ccn(C2CCCC2)n1. The highest BCUT2D eigenvalue weighted by atomic mass is 32.1. The molecule has 4 nitrogen and oxygen atoms in total. The van der Waals surface area contributed by atoms with Gasteiger partial charge in [-0.1, -0.05) is 25.1 Å². The third-order valence-corrected chi connectivity index (χ3v) is 4.19. The molecule has 1 fully saturated rings. The smallest absolute Gasteiger partial charge is 0.0764 e. The van der Waals surface area contributed by atoms with E-state index in [4.69, 9.17) is 23.1 Å². The summed E-state index contributed by atoms with van der Waals surface area (Å²) >= 11 is 4.96. The minimum atomic E-state index is 0.356. The van der Waals surface area contributed by atoms with Gasteiger partial charge in [-0.3, -0.25) is 9.58 Å². The molecule has 0 bridgehead atoms. The Bertz CT molecular complexity index is 423. The highest BCUT2D eigenvalue weighted by molar-refractivity contribution is 7.80. The fraction of sp³-hybridized carbons (Fsp3) is 0.714. The van der Waals surface area contributed by atoms with Crippen molar-refractivity contribution >= 4 is 17.2 Å². The zero-order valence-electron chi connectivity index (χ0n) is 11.9. The Balaban J connectivity index is 1.90. The molecular weight excluding hydrogens is 256 g/mol. The Morgan fingerprint density at radius 3 is 2.89 bits per heavy atom. The van der Waals surface area contributed by atoms with Gasteiger partial charge in [0, 0.05) is 25.2 Å². The second-order valence-electron chi connectivity index (χ2n) is 5.66. The van der Waals surface area contributed by atoms with E-state index >= 15 is 0 Å². The number of nitrogens with two attached hydrogens (primary N) is 1. The summed E-state index contributed by atoms with van der Waals surface area (Å²) in [6.45, 7) is 3.00. The quantitative estimate of drug-likeness (QED) is 0.813. The normalized spacial score (nSPS) is 18.1. The van der Waals surface area contributed by atoms with Crippen LogP contribution in [0.25, 0.3) is 0 Å². The Labute approximate surface area is 121 Å². The number of rotatable bonds is 6. The summed E-state index contributed by atoms with van der Waals surface area (Å²) in [5.41, 5.74) is 6.73. The highest BCUT2D eigenvalue weighted by Crippen LogP contribution is 2.28. The number of nitrogens with zero attached hydrogens (tertiary/aromatic N) is 3. The zero-order chi connectivity index (χ0) is 13.8. The van der Waals surface area contributed by atoms with Crippen molar-refractivity contribution in [2.75, 3.05) is 7.05 Å². The van der Waals surface area contributed by atoms with Gasteiger partial charge in [0.05, 0.1) is 16.7 Å². The van der Waals surface area contributed by atoms with E-state index in [9.17, 15) is 0 Å². The van der Waals surface area contributed by atoms with E-state index in [0.717, 1.165) is 18.7 Å². The van der Waals surface area contributed by atoms with E-state index in [1.807, 2.05) is 0 Å². The van der Waals surface area contributed by atoms with Gasteiger partial charge in [-0.05, 0) is 32.9 Å². The molecule has 1 aromatic heterocycles. The summed E-state index contributed by atoms with van der Waals surface area (Å²) in [5, 5.41) is 4.70. The van der Waals surface area contributed by atoms with Gasteiger partial charge in [0.15, 0.2) is 0 Å². The fourth-order valence-corrected chi connectivity index (χ4v) is 2.93. The van der Waals surface area contributed by atoms with Gasteiger partial charge >= 0.3 is 0 Å². The molecule has 1 aromatic rings. The van der Waals surface area contributed by atoms with Crippen LogP contribution in [0.5, 0.6) is 0 Å². The molecule has 0 aromatic carbocycles. The van der Waals surface area contributed by atoms with E-state index in [-0.39, 0.29) is 0 Å². The van der Waals surface area contributed by atoms with E-state index in [1.54, 1.807) is 0 Å². The second kappa shape index (κ2) is 6.48. The Morgan fingerprint density at radius 2 is 2.26 bits per heavy atom. The first-order valence-corrected chi connectivity index (χ1v) is 7.49. The molecule has 0 radical (unpaired) electrons. The lowest BCUT2D eigenvalue weighted by Gasteiger charge is -2.23. The van der Waals surface area contributed by atoms with Gasteiger partial charge < -0.3 is 5.73 Å². The van der Waals surface area contributed by atoms with Crippen LogP contribution in [0.2, 0.25) is 0 Å². The van der Waals surface area contributed by atoms with Crippen LogP contribution in [-0.2, 0) is 6.54 Å². The van der Waals surface area contributed by atoms with Crippen molar-refractivity contribution in [1.82, 2.24) is 14.7 Å². The monoisotopic (exact) mass is 280 g/mol. The fourth-order valence-electron chi connectivity index (χ4n) is 2.69. The van der Waals surface area contributed by atoms with Crippen LogP contribution in [-0.4, -0.2) is 32.8 Å². The molecule has 2 N–H and O–H groups in total. The summed E-state index contributed by atoms with van der Waals surface area (Å²) in [6.07, 6.45) is 8.10. The molecule has 1 aliphatic carbocycles. The maximum Gasteiger partial charge on any atom is 0.0764 e. The van der Waals surface area contributed by atoms with Crippen molar-refractivity contribution in [1.29, 1.82) is 0 Å². The van der Waals surface area contributed by atoms with Gasteiger partial charge in [0.1, 0.15) is 0 Å². The van der Waals surface area contributed by atoms with Crippen molar-refractivity contribution in [2.24, 2.45) is 5.73 Å². The van der Waals surface area contributed by atoms with Crippen LogP contribution >= 0.6 is 12.2 Å². The number of thiocarbonyl (C=S) groups is 1. The summed E-state index contributed by atoms with van der Waals surface area (Å²) < 4.78 is 2.15. The predicted octanol–water partition coefficient (Wildman–Crippen LogP) is 2.49. The van der Waals surface area contributed by atoms with Crippen LogP contribution in [0.1, 0.15) is 50.8 Å². The van der Waals surface area contributed by atoms with Gasteiger partial charge in [0.2, 0.25) is 0 Å². The Kier molecular flexibility index (Phi) is 4.93. The lowest BCUT2D eigenvalue weighted by Crippen LogP contribution is -2.32. The third kappa shape index (κ3) is 4.01. The average molecular weight is 280 g/mol. The lowest BCUT2D eigenvalue weighted by atomic mass is 10.2. The lowest BCUT2D eigenvalue weighted by molar-refractivity contribution is 0.251. The first-order chi connectivity index (χ1) is 9.06. The van der Waals surface area contributed by atoms with Crippen molar-refractivity contribution in [3.8, 4) is 0 Å². The minimum Gasteiger partial charge on any atom is -0.393 e. The van der Waals surface area contributed by atoms with Crippen LogP contribution in [0.15, 0.2) is 12.3 Å². The molecule has 1 saturated carbocycles. The third-order valence-electron chi connectivity index (χ3n) is 4.02. The maximum absolute atomic E-state index is 5.60. The molecule has 0 aliphatic heterocycles. The summed E-state index contributed by atoms with van der Waals surface area (Å²) in [6, 6.07) is 3.10. The first-order valence-electron chi connectivity index (χ1n) is 7.09. The molecule has 1 heterocycles. The minimum absolute atomic E-state index is 0.356. The molecule has 1 unspecified atom stereocenters. The molecule has 0 spiro atoms. The summed E-state index contributed by atoms with van der Waals surface area (Å²) in [7, 11) is 2.09. The van der Waals surface area contributed by atoms with Crippen molar-refractivity contribution < 1.29 is 0 Å². The van der Waals surface area contributed by atoms with Gasteiger partial charge in [0.25, 0.3) is 0 Å². The molecule has 1 atom stereocenters. The van der Waals surface area contributed by atoms with Crippen molar-refractivity contribution in [2.45, 2.75) is 57.7 Å². The number of aromatic nitrogens is 2. The van der Waals surface area contributed by atoms with Crippen LogP contribution in [0, 0.1) is 0 Å². The average Bonchev–Trinajstić information content (AvgIpc) is 2.96. The maximum atomic E-state index is 5.60. The number of hydrogen-bond donors (Lipinski definition) is 1. The van der Waals surface area contributed by atoms with Gasteiger partial charge in [-0.2, -0.15) is 5.10 Å².